The van der Waals surface area contributed by atoms with Gasteiger partial charge in [0.2, 0.25) is 0 Å². The fraction of sp³-hybridized carbons (Fsp3) is 0.512. The second-order valence-corrected chi connectivity index (χ2v) is 25.4. The van der Waals surface area contributed by atoms with Crippen molar-refractivity contribution < 1.29 is 81.0 Å². The predicted molar refractivity (Wildman–Crippen MR) is 375 cm³/mol. The summed E-state index contributed by atoms with van der Waals surface area (Å²) in [7, 11) is 0. The number of esters is 4. The number of carbonyl (C=O) groups excluding carboxylic acids is 9. The molecule has 0 saturated carbocycles. The number of hydrogen-bond acceptors (Lipinski definition) is 17. The van der Waals surface area contributed by atoms with E-state index < -0.39 is 30.3 Å². The van der Waals surface area contributed by atoms with Gasteiger partial charge in [-0.2, -0.15) is 0 Å². The molecule has 1 aliphatic rings. The Balaban J connectivity index is 2.03. The topological polar surface area (TPSA) is 227 Å². The first-order valence-electron chi connectivity index (χ1n) is 35.0. The quantitative estimate of drug-likeness (QED) is 0.00881. The number of carbonyl (C=O) groups is 9. The second-order valence-electron chi connectivity index (χ2n) is 25.4. The highest BCUT2D eigenvalue weighted by Gasteiger charge is 2.28. The third-order valence-corrected chi connectivity index (χ3v) is 16.5. The summed E-state index contributed by atoms with van der Waals surface area (Å²) in [6, 6.07) is 14.2. The van der Waals surface area contributed by atoms with Crippen LogP contribution in [0.15, 0.2) is 85.0 Å². The predicted octanol–water partition coefficient (Wildman–Crippen LogP) is 16.4. The molecule has 1 aliphatic carbocycles. The largest absolute Gasteiger partial charge is 0.489 e. The Morgan fingerprint density at radius 3 is 0.722 bits per heavy atom. The summed E-state index contributed by atoms with van der Waals surface area (Å²) in [5.41, 5.74) is 5.86. The summed E-state index contributed by atoms with van der Waals surface area (Å²) < 4.78 is 49.7. The minimum Gasteiger partial charge on any atom is -0.489 e. The van der Waals surface area contributed by atoms with Crippen molar-refractivity contribution in [3.05, 3.63) is 152 Å². The van der Waals surface area contributed by atoms with Crippen LogP contribution in [0.4, 0.5) is 0 Å². The molecule has 526 valence electrons. The molecule has 0 heterocycles. The Bertz CT molecular complexity index is 3280. The van der Waals surface area contributed by atoms with Crippen LogP contribution >= 0.6 is 0 Å². The minimum atomic E-state index is -0.742. The normalized spacial score (nSPS) is 11.6. The first-order chi connectivity index (χ1) is 46.6. The van der Waals surface area contributed by atoms with Crippen molar-refractivity contribution in [1.82, 2.24) is 0 Å². The Hall–Kier alpha value is -8.47. The lowest BCUT2D eigenvalue weighted by molar-refractivity contribution is -0.146. The SMILES string of the molecule is C=C(C)C(=O)OCCOc1c2cc(C(=O)CCCCCC)cc1Cc1cc(C(=O)CCCCCC)cc(c1OCCOC(=O)C(=C)C)Cc1cc(C(=O)CCCCCC)cc(c1OCCOC(=O)C(=C)C)Cc1cc(C(=O)CCCCCC)cc(c1OCCOC(=O)CC(C)=O)C2. The molecule has 0 amide bonds. The maximum Gasteiger partial charge on any atom is 0.333 e. The van der Waals surface area contributed by atoms with Crippen molar-refractivity contribution in [1.29, 1.82) is 0 Å². The zero-order chi connectivity index (χ0) is 70.8. The van der Waals surface area contributed by atoms with E-state index in [4.69, 9.17) is 37.9 Å². The van der Waals surface area contributed by atoms with E-state index in [0.29, 0.717) is 110 Å². The number of fused-ring (bicyclic) bond motifs is 8. The molecule has 17 nitrogen and oxygen atoms in total. The molecule has 0 aromatic heterocycles. The van der Waals surface area contributed by atoms with Gasteiger partial charge in [0.05, 0.1) is 0 Å². The van der Waals surface area contributed by atoms with Crippen molar-refractivity contribution in [2.24, 2.45) is 0 Å². The van der Waals surface area contributed by atoms with E-state index in [0.717, 1.165) is 77.0 Å². The van der Waals surface area contributed by atoms with Crippen LogP contribution in [0.25, 0.3) is 0 Å². The van der Waals surface area contributed by atoms with Gasteiger partial charge in [0.25, 0.3) is 0 Å². The Morgan fingerprint density at radius 2 is 0.526 bits per heavy atom. The number of hydrogen-bond donors (Lipinski definition) is 0. The maximum atomic E-state index is 14.9. The lowest BCUT2D eigenvalue weighted by Crippen LogP contribution is -2.18. The smallest absolute Gasteiger partial charge is 0.333 e. The number of ketones is 5. The van der Waals surface area contributed by atoms with E-state index in [1.807, 2.05) is 0 Å². The van der Waals surface area contributed by atoms with Crippen molar-refractivity contribution in [2.75, 3.05) is 52.9 Å². The molecular weight excluding hydrogens is 1230 g/mol. The Kier molecular flexibility index (Phi) is 34.5. The molecule has 4 aromatic rings. The molecule has 0 atom stereocenters. The minimum absolute atomic E-state index is 0.0365. The van der Waals surface area contributed by atoms with Gasteiger partial charge in [-0.15, -0.1) is 0 Å². The molecule has 0 radical (unpaired) electrons. The van der Waals surface area contributed by atoms with Gasteiger partial charge in [-0.05, 0) is 146 Å². The molecule has 0 N–H and O–H groups in total. The van der Waals surface area contributed by atoms with Crippen LogP contribution in [-0.2, 0) is 68.6 Å². The van der Waals surface area contributed by atoms with Crippen molar-refractivity contribution in [2.45, 2.75) is 216 Å². The lowest BCUT2D eigenvalue weighted by Gasteiger charge is -2.25. The molecule has 0 fully saturated rings. The van der Waals surface area contributed by atoms with Gasteiger partial charge in [0.1, 0.15) is 88.1 Å². The molecule has 4 aromatic carbocycles. The Morgan fingerprint density at radius 1 is 0.309 bits per heavy atom. The van der Waals surface area contributed by atoms with Gasteiger partial charge >= 0.3 is 23.9 Å². The van der Waals surface area contributed by atoms with E-state index in [2.05, 4.69) is 47.4 Å². The van der Waals surface area contributed by atoms with Crippen LogP contribution in [0.2, 0.25) is 0 Å². The molecule has 17 heteroatoms. The second kappa shape index (κ2) is 42.3. The average Bonchev–Trinajstić information content (AvgIpc) is 0.774. The summed E-state index contributed by atoms with van der Waals surface area (Å²) in [5.74, 6) is -2.35. The van der Waals surface area contributed by atoms with Crippen molar-refractivity contribution in [3.8, 4) is 23.0 Å². The standard InChI is InChI=1S/C80H104O17/c1-12-16-20-24-28-69(82)57-41-61-49-63-43-58(70(83)29-25-21-17-13-2)45-65(75(63)92-34-37-95-78(87)53(5)6)51-67-47-60(72(85)31-27-23-19-15-4)48-68(77(67)94-36-39-97-80(89)55(9)10)52-66-46-59(71(84)30-26-22-18-14-3)44-64(76(66)93-35-38-96-79(88)54(7)8)50-62(42-57)74(61)91-33-32-90-73(86)40-56(11)81/h41-48H,5,7,9,12-40,49-52H2,1-4,6,8,10-11H3. The first-order valence-corrected chi connectivity index (χ1v) is 35.0. The van der Waals surface area contributed by atoms with Gasteiger partial charge in [-0.25, -0.2) is 14.4 Å². The zero-order valence-corrected chi connectivity index (χ0v) is 59.0. The Labute approximate surface area is 574 Å². The van der Waals surface area contributed by atoms with E-state index in [9.17, 15) is 43.2 Å². The number of rotatable bonds is 45. The zero-order valence-electron chi connectivity index (χ0n) is 59.0. The van der Waals surface area contributed by atoms with Gasteiger partial charge in [-0.3, -0.25) is 28.8 Å². The van der Waals surface area contributed by atoms with Gasteiger partial charge < -0.3 is 37.9 Å². The summed E-state index contributed by atoms with van der Waals surface area (Å²) in [4.78, 5) is 123. The number of benzene rings is 4. The lowest BCUT2D eigenvalue weighted by atomic mass is 9.86. The highest BCUT2D eigenvalue weighted by molar-refractivity contribution is 5.99. The van der Waals surface area contributed by atoms with Gasteiger partial charge in [0.15, 0.2) is 23.1 Å². The van der Waals surface area contributed by atoms with Crippen LogP contribution in [0.1, 0.15) is 276 Å². The number of ether oxygens (including phenoxy) is 8. The molecular formula is C80H104O17. The van der Waals surface area contributed by atoms with E-state index in [1.54, 1.807) is 55.5 Å². The van der Waals surface area contributed by atoms with Crippen LogP contribution in [-0.4, -0.2) is 106 Å². The number of Topliss-reactive ketones (excluding diaryl/α,β-unsaturated/α-hetero) is 5. The summed E-state index contributed by atoms with van der Waals surface area (Å²) >= 11 is 0. The third-order valence-electron chi connectivity index (χ3n) is 16.5. The van der Waals surface area contributed by atoms with E-state index >= 15 is 0 Å². The van der Waals surface area contributed by atoms with Crippen LogP contribution in [0.5, 0.6) is 23.0 Å². The van der Waals surface area contributed by atoms with E-state index in [1.165, 1.54) is 20.8 Å². The molecule has 97 heavy (non-hydrogen) atoms. The first kappa shape index (κ1) is 79.2. The van der Waals surface area contributed by atoms with E-state index in [-0.39, 0.29) is 156 Å². The van der Waals surface area contributed by atoms with Crippen LogP contribution in [0.3, 0.4) is 0 Å². The summed E-state index contributed by atoms with van der Waals surface area (Å²) in [6.07, 6.45) is 13.7. The molecule has 8 bridgehead atoms. The summed E-state index contributed by atoms with van der Waals surface area (Å²) in [5, 5.41) is 0. The molecule has 0 unspecified atom stereocenters. The highest BCUT2D eigenvalue weighted by Crippen LogP contribution is 2.42. The average molecular weight is 1340 g/mol. The van der Waals surface area contributed by atoms with Crippen molar-refractivity contribution in [3.63, 3.8) is 0 Å². The van der Waals surface area contributed by atoms with Crippen LogP contribution < -0.4 is 18.9 Å². The van der Waals surface area contributed by atoms with Gasteiger partial charge in [0, 0.05) is 90.3 Å². The summed E-state index contributed by atoms with van der Waals surface area (Å²) in [6.45, 7) is 24.0. The highest BCUT2D eigenvalue weighted by atomic mass is 16.6. The third kappa shape index (κ3) is 26.5. The fourth-order valence-electron chi connectivity index (χ4n) is 11.5. The molecule has 5 rings (SSSR count). The molecule has 0 spiro atoms. The van der Waals surface area contributed by atoms with Gasteiger partial charge in [-0.1, -0.05) is 124 Å². The van der Waals surface area contributed by atoms with Crippen molar-refractivity contribution >= 4 is 52.8 Å². The maximum absolute atomic E-state index is 14.9. The molecule has 0 aliphatic heterocycles. The fourth-order valence-corrected chi connectivity index (χ4v) is 11.5. The molecule has 0 saturated heterocycles. The monoisotopic (exact) mass is 1340 g/mol. The van der Waals surface area contributed by atoms with Crippen LogP contribution in [0, 0.1) is 0 Å². The number of unbranched alkanes of at least 4 members (excludes halogenated alkanes) is 12.